The fraction of sp³-hybridized carbons (Fsp3) is 0.478. The van der Waals surface area contributed by atoms with Gasteiger partial charge >= 0.3 is 0 Å². The van der Waals surface area contributed by atoms with Crippen molar-refractivity contribution in [3.8, 4) is 23.0 Å². The van der Waals surface area contributed by atoms with Crippen molar-refractivity contribution in [1.82, 2.24) is 0 Å². The third-order valence-electron chi connectivity index (χ3n) is 4.36. The summed E-state index contributed by atoms with van der Waals surface area (Å²) in [5.74, 6) is 2.56. The molecule has 1 heterocycles. The summed E-state index contributed by atoms with van der Waals surface area (Å²) >= 11 is 0. The smallest absolute Gasteiger partial charge is 0.161 e. The highest BCUT2D eigenvalue weighted by Gasteiger charge is 2.10. The Bertz CT molecular complexity index is 754. The van der Waals surface area contributed by atoms with Crippen molar-refractivity contribution in [3.05, 3.63) is 48.5 Å². The van der Waals surface area contributed by atoms with Crippen LogP contribution in [0.2, 0.25) is 0 Å². The first-order chi connectivity index (χ1) is 15.4. The second-order valence-electron chi connectivity index (χ2n) is 6.65. The minimum Gasteiger partial charge on any atom is -0.487 e. The second-order valence-corrected chi connectivity index (χ2v) is 6.65. The zero-order valence-electron chi connectivity index (χ0n) is 17.6. The summed E-state index contributed by atoms with van der Waals surface area (Å²) in [7, 11) is 0. The summed E-state index contributed by atoms with van der Waals surface area (Å²) in [6.45, 7) is 3.11. The topological polar surface area (TPSA) is 84.8 Å². The third kappa shape index (κ3) is 8.26. The highest BCUT2D eigenvalue weighted by atomic mass is 16.6. The van der Waals surface area contributed by atoms with Crippen molar-refractivity contribution >= 4 is 0 Å². The molecule has 0 amide bonds. The van der Waals surface area contributed by atoms with Gasteiger partial charge in [-0.15, -0.1) is 0 Å². The lowest BCUT2D eigenvalue weighted by atomic mass is 10.3. The first-order valence-electron chi connectivity index (χ1n) is 10.4. The van der Waals surface area contributed by atoms with Gasteiger partial charge in [0.1, 0.15) is 32.5 Å². The number of rotatable bonds is 1. The Labute approximate surface area is 182 Å². The van der Waals surface area contributed by atoms with E-state index in [1.807, 2.05) is 48.5 Å². The standard InChI is InChI=1S/C23H30O8/c24-17-19-18-26-11-14-30-21-6-2-1-5-20(21)28-12-9-25-10-13-29-22-7-3-4-8-23(22)31-16-15-27-19/h1-8,19,24H,9-18H2. The van der Waals surface area contributed by atoms with Crippen LogP contribution in [0.4, 0.5) is 0 Å². The van der Waals surface area contributed by atoms with E-state index in [0.29, 0.717) is 75.9 Å². The quantitative estimate of drug-likeness (QED) is 0.732. The number of para-hydroxylation sites is 4. The number of benzene rings is 2. The van der Waals surface area contributed by atoms with Crippen LogP contribution in [-0.2, 0) is 14.2 Å². The SMILES string of the molecule is OCC1COCCOc2ccccc2OCCOCCOc2ccccc2OCCO1. The number of ether oxygens (including phenoxy) is 7. The van der Waals surface area contributed by atoms with E-state index in [9.17, 15) is 5.11 Å². The van der Waals surface area contributed by atoms with Crippen LogP contribution in [0.25, 0.3) is 0 Å². The molecule has 3 rings (SSSR count). The number of aliphatic hydroxyl groups excluding tert-OH is 1. The number of aliphatic hydroxyl groups is 1. The van der Waals surface area contributed by atoms with E-state index >= 15 is 0 Å². The first-order valence-corrected chi connectivity index (χ1v) is 10.4. The second kappa shape index (κ2) is 13.7. The molecular weight excluding hydrogens is 404 g/mol. The fourth-order valence-electron chi connectivity index (χ4n) is 2.85. The summed E-state index contributed by atoms with van der Waals surface area (Å²) in [6, 6.07) is 14.9. The Balaban J connectivity index is 1.57. The van der Waals surface area contributed by atoms with Crippen molar-refractivity contribution in [2.75, 3.05) is 66.1 Å². The van der Waals surface area contributed by atoms with Crippen LogP contribution in [0, 0.1) is 0 Å². The molecule has 8 nitrogen and oxygen atoms in total. The molecule has 1 N–H and O–H groups in total. The minimum absolute atomic E-state index is 0.142. The summed E-state index contributed by atoms with van der Waals surface area (Å²) in [5.41, 5.74) is 0. The lowest BCUT2D eigenvalue weighted by Crippen LogP contribution is -2.27. The number of fused-ring (bicyclic) bond motifs is 2. The molecule has 0 bridgehead atoms. The fourth-order valence-corrected chi connectivity index (χ4v) is 2.85. The molecule has 0 radical (unpaired) electrons. The van der Waals surface area contributed by atoms with Crippen molar-refractivity contribution in [2.45, 2.75) is 6.10 Å². The Hall–Kier alpha value is -2.52. The van der Waals surface area contributed by atoms with Gasteiger partial charge in [-0.05, 0) is 24.3 Å². The molecule has 1 unspecified atom stereocenters. The van der Waals surface area contributed by atoms with Gasteiger partial charge in [-0.1, -0.05) is 24.3 Å². The highest BCUT2D eigenvalue weighted by Crippen LogP contribution is 2.27. The molecule has 0 spiro atoms. The minimum atomic E-state index is -0.433. The molecule has 31 heavy (non-hydrogen) atoms. The van der Waals surface area contributed by atoms with E-state index in [-0.39, 0.29) is 13.2 Å². The summed E-state index contributed by atoms with van der Waals surface area (Å²) in [4.78, 5) is 0. The van der Waals surface area contributed by atoms with E-state index < -0.39 is 6.10 Å². The molecule has 0 saturated heterocycles. The Morgan fingerprint density at radius 3 is 1.45 bits per heavy atom. The summed E-state index contributed by atoms with van der Waals surface area (Å²) < 4.78 is 39.9. The maximum atomic E-state index is 9.49. The van der Waals surface area contributed by atoms with Gasteiger partial charge in [-0.2, -0.15) is 0 Å². The van der Waals surface area contributed by atoms with Crippen LogP contribution in [0.1, 0.15) is 0 Å². The van der Waals surface area contributed by atoms with Crippen molar-refractivity contribution in [3.63, 3.8) is 0 Å². The van der Waals surface area contributed by atoms with E-state index in [1.165, 1.54) is 0 Å². The Kier molecular flexibility index (Phi) is 10.2. The van der Waals surface area contributed by atoms with Crippen LogP contribution < -0.4 is 18.9 Å². The monoisotopic (exact) mass is 434 g/mol. The molecule has 0 aliphatic carbocycles. The zero-order valence-corrected chi connectivity index (χ0v) is 17.6. The van der Waals surface area contributed by atoms with Crippen LogP contribution in [0.15, 0.2) is 48.5 Å². The van der Waals surface area contributed by atoms with Gasteiger partial charge in [0.2, 0.25) is 0 Å². The Morgan fingerprint density at radius 1 is 0.581 bits per heavy atom. The van der Waals surface area contributed by atoms with E-state index in [1.54, 1.807) is 0 Å². The van der Waals surface area contributed by atoms with Crippen molar-refractivity contribution in [1.29, 1.82) is 0 Å². The van der Waals surface area contributed by atoms with Gasteiger partial charge < -0.3 is 38.3 Å². The molecule has 1 aliphatic heterocycles. The van der Waals surface area contributed by atoms with Gasteiger partial charge in [0.05, 0.1) is 39.6 Å². The normalized spacial score (nSPS) is 19.7. The van der Waals surface area contributed by atoms with Gasteiger partial charge in [-0.3, -0.25) is 0 Å². The number of hydrogen-bond donors (Lipinski definition) is 1. The van der Waals surface area contributed by atoms with Crippen molar-refractivity contribution in [2.24, 2.45) is 0 Å². The molecule has 8 heteroatoms. The first kappa shape index (κ1) is 23.1. The average Bonchev–Trinajstić information content (AvgIpc) is 2.80. The predicted octanol–water partition coefficient (Wildman–Crippen LogP) is 2.33. The lowest BCUT2D eigenvalue weighted by Gasteiger charge is -2.17. The zero-order chi connectivity index (χ0) is 21.6. The lowest BCUT2D eigenvalue weighted by molar-refractivity contribution is -0.0525. The summed E-state index contributed by atoms with van der Waals surface area (Å²) in [6.07, 6.45) is -0.433. The van der Waals surface area contributed by atoms with Gasteiger partial charge in [-0.25, -0.2) is 0 Å². The Morgan fingerprint density at radius 2 is 1.00 bits per heavy atom. The average molecular weight is 434 g/mol. The highest BCUT2D eigenvalue weighted by molar-refractivity contribution is 5.40. The molecule has 2 aromatic rings. The van der Waals surface area contributed by atoms with Crippen molar-refractivity contribution < 1.29 is 38.3 Å². The number of hydrogen-bond acceptors (Lipinski definition) is 8. The molecule has 0 saturated carbocycles. The van der Waals surface area contributed by atoms with E-state index in [0.717, 1.165) is 0 Å². The molecular formula is C23H30O8. The van der Waals surface area contributed by atoms with Gasteiger partial charge in [0.15, 0.2) is 23.0 Å². The molecule has 1 atom stereocenters. The molecule has 170 valence electrons. The van der Waals surface area contributed by atoms with Crippen LogP contribution in [0.3, 0.4) is 0 Å². The largest absolute Gasteiger partial charge is 0.487 e. The predicted molar refractivity (Wildman–Crippen MR) is 113 cm³/mol. The van der Waals surface area contributed by atoms with Crippen LogP contribution >= 0.6 is 0 Å². The maximum Gasteiger partial charge on any atom is 0.161 e. The van der Waals surface area contributed by atoms with Gasteiger partial charge in [0, 0.05) is 0 Å². The van der Waals surface area contributed by atoms with Crippen LogP contribution in [0.5, 0.6) is 23.0 Å². The maximum absolute atomic E-state index is 9.49. The third-order valence-corrected chi connectivity index (χ3v) is 4.36. The molecule has 0 fully saturated rings. The summed E-state index contributed by atoms with van der Waals surface area (Å²) in [5, 5.41) is 9.49. The van der Waals surface area contributed by atoms with E-state index in [2.05, 4.69) is 0 Å². The molecule has 2 aromatic carbocycles. The van der Waals surface area contributed by atoms with Crippen LogP contribution in [-0.4, -0.2) is 77.3 Å². The van der Waals surface area contributed by atoms with Gasteiger partial charge in [0.25, 0.3) is 0 Å². The van der Waals surface area contributed by atoms with E-state index in [4.69, 9.17) is 33.2 Å². The molecule has 1 aliphatic rings. The molecule has 0 aromatic heterocycles.